The van der Waals surface area contributed by atoms with E-state index in [1.165, 1.54) is 18.2 Å². The summed E-state index contributed by atoms with van der Waals surface area (Å²) in [6, 6.07) is 5.58. The van der Waals surface area contributed by atoms with Gasteiger partial charge in [0.25, 0.3) is 5.91 Å². The van der Waals surface area contributed by atoms with Gasteiger partial charge in [-0.15, -0.1) is 0 Å². The second-order valence-corrected chi connectivity index (χ2v) is 4.34. The normalized spacial score (nSPS) is 10.4. The molecule has 18 heavy (non-hydrogen) atoms. The molecule has 0 aliphatic rings. The third-order valence-corrected chi connectivity index (χ3v) is 2.70. The van der Waals surface area contributed by atoms with Gasteiger partial charge in [0, 0.05) is 5.02 Å². The fourth-order valence-electron chi connectivity index (χ4n) is 1.64. The van der Waals surface area contributed by atoms with Crippen molar-refractivity contribution in [3.8, 4) is 0 Å². The van der Waals surface area contributed by atoms with Crippen LogP contribution < -0.4 is 5.32 Å². The molecule has 0 unspecified atom stereocenters. The van der Waals surface area contributed by atoms with E-state index in [2.05, 4.69) is 5.32 Å². The summed E-state index contributed by atoms with van der Waals surface area (Å²) in [5.74, 6) is 0.160. The lowest BCUT2D eigenvalue weighted by Gasteiger charge is -2.05. The first-order chi connectivity index (χ1) is 8.47. The third kappa shape index (κ3) is 2.54. The lowest BCUT2D eigenvalue weighted by atomic mass is 10.2. The fourth-order valence-corrected chi connectivity index (χ4v) is 1.81. The minimum absolute atomic E-state index is 0.0470. The Morgan fingerprint density at radius 1 is 1.33 bits per heavy atom. The Balaban J connectivity index is 2.26. The molecule has 0 spiro atoms. The molecule has 1 heterocycles. The van der Waals surface area contributed by atoms with Crippen molar-refractivity contribution in [2.24, 2.45) is 0 Å². The Kier molecular flexibility index (Phi) is 3.39. The number of hydrogen-bond acceptors (Lipinski definition) is 2. The molecule has 2 aromatic rings. The predicted octanol–water partition coefficient (Wildman–Crippen LogP) is 3.94. The second kappa shape index (κ2) is 4.82. The molecule has 0 aliphatic carbocycles. The number of carbonyl (C=O) groups excluding carboxylic acids is 1. The van der Waals surface area contributed by atoms with E-state index in [1.807, 2.05) is 0 Å². The van der Waals surface area contributed by atoms with Crippen LogP contribution in [0.15, 0.2) is 28.7 Å². The van der Waals surface area contributed by atoms with Crippen LogP contribution in [0, 0.1) is 19.7 Å². The van der Waals surface area contributed by atoms with Gasteiger partial charge in [0.2, 0.25) is 0 Å². The topological polar surface area (TPSA) is 42.2 Å². The number of halogens is 2. The highest BCUT2D eigenvalue weighted by atomic mass is 35.5. The molecule has 0 radical (unpaired) electrons. The van der Waals surface area contributed by atoms with Gasteiger partial charge in [-0.25, -0.2) is 4.39 Å². The Labute approximate surface area is 109 Å². The number of furan rings is 1. The summed E-state index contributed by atoms with van der Waals surface area (Å²) in [6.45, 7) is 3.42. The van der Waals surface area contributed by atoms with Crippen molar-refractivity contribution in [1.29, 1.82) is 0 Å². The summed E-state index contributed by atoms with van der Waals surface area (Å²) in [5.41, 5.74) is 0.428. The molecule has 2 rings (SSSR count). The van der Waals surface area contributed by atoms with Crippen molar-refractivity contribution in [3.05, 3.63) is 52.2 Å². The zero-order valence-electron chi connectivity index (χ0n) is 9.88. The first-order valence-corrected chi connectivity index (χ1v) is 5.68. The highest BCUT2D eigenvalue weighted by molar-refractivity contribution is 6.31. The van der Waals surface area contributed by atoms with Gasteiger partial charge in [0.15, 0.2) is 0 Å². The van der Waals surface area contributed by atoms with E-state index in [1.54, 1.807) is 19.9 Å². The monoisotopic (exact) mass is 267 g/mol. The molecule has 0 fully saturated rings. The van der Waals surface area contributed by atoms with E-state index in [0.29, 0.717) is 22.1 Å². The molecule has 0 aliphatic heterocycles. The Morgan fingerprint density at radius 2 is 2.06 bits per heavy atom. The molecule has 5 heteroatoms. The van der Waals surface area contributed by atoms with Crippen LogP contribution in [-0.2, 0) is 0 Å². The van der Waals surface area contributed by atoms with Gasteiger partial charge >= 0.3 is 0 Å². The Bertz CT molecular complexity index is 607. The van der Waals surface area contributed by atoms with Gasteiger partial charge in [-0.05, 0) is 38.1 Å². The number of carbonyl (C=O) groups is 1. The second-order valence-electron chi connectivity index (χ2n) is 3.91. The van der Waals surface area contributed by atoms with Gasteiger partial charge in [0.05, 0.1) is 11.3 Å². The van der Waals surface area contributed by atoms with Crippen LogP contribution in [0.4, 0.5) is 10.1 Å². The smallest absolute Gasteiger partial charge is 0.259 e. The minimum atomic E-state index is -0.536. The molecule has 1 amide bonds. The quantitative estimate of drug-likeness (QED) is 0.895. The van der Waals surface area contributed by atoms with Crippen molar-refractivity contribution in [1.82, 2.24) is 0 Å². The molecule has 1 aromatic carbocycles. The third-order valence-electron chi connectivity index (χ3n) is 2.46. The Morgan fingerprint density at radius 3 is 2.67 bits per heavy atom. The van der Waals surface area contributed by atoms with Gasteiger partial charge in [0.1, 0.15) is 17.3 Å². The summed E-state index contributed by atoms with van der Waals surface area (Å²) in [5, 5.41) is 2.82. The Hall–Kier alpha value is -1.81. The average Bonchev–Trinajstić information content (AvgIpc) is 2.63. The van der Waals surface area contributed by atoms with Crippen LogP contribution in [0.3, 0.4) is 0 Å². The van der Waals surface area contributed by atoms with Crippen molar-refractivity contribution in [2.75, 3.05) is 5.32 Å². The van der Waals surface area contributed by atoms with Crippen LogP contribution >= 0.6 is 11.6 Å². The van der Waals surface area contributed by atoms with E-state index in [0.717, 1.165) is 0 Å². The molecule has 1 aromatic heterocycles. The summed E-state index contributed by atoms with van der Waals surface area (Å²) in [6.07, 6.45) is 0. The van der Waals surface area contributed by atoms with Crippen molar-refractivity contribution in [3.63, 3.8) is 0 Å². The van der Waals surface area contributed by atoms with E-state index >= 15 is 0 Å². The maximum Gasteiger partial charge on any atom is 0.259 e. The van der Waals surface area contributed by atoms with E-state index < -0.39 is 11.7 Å². The first-order valence-electron chi connectivity index (χ1n) is 5.31. The van der Waals surface area contributed by atoms with Gasteiger partial charge in [-0.2, -0.15) is 0 Å². The van der Waals surface area contributed by atoms with Crippen molar-refractivity contribution < 1.29 is 13.6 Å². The molecular formula is C13H11ClFNO2. The van der Waals surface area contributed by atoms with Crippen molar-refractivity contribution >= 4 is 23.2 Å². The molecule has 1 N–H and O–H groups in total. The first kappa shape index (κ1) is 12.6. The standard InChI is InChI=1S/C13H11ClFNO2/c1-7-5-10(8(2)18-7)13(17)16-12-6-9(14)3-4-11(12)15/h3-6H,1-2H3,(H,16,17). The number of rotatable bonds is 2. The minimum Gasteiger partial charge on any atom is -0.466 e. The molecule has 0 atom stereocenters. The molecule has 0 bridgehead atoms. The maximum atomic E-state index is 13.5. The van der Waals surface area contributed by atoms with Crippen LogP contribution in [0.2, 0.25) is 5.02 Å². The van der Waals surface area contributed by atoms with Crippen molar-refractivity contribution in [2.45, 2.75) is 13.8 Å². The molecule has 0 saturated carbocycles. The molecule has 3 nitrogen and oxygen atoms in total. The lowest BCUT2D eigenvalue weighted by Crippen LogP contribution is -2.13. The summed E-state index contributed by atoms with van der Waals surface area (Å²) in [4.78, 5) is 11.9. The number of hydrogen-bond donors (Lipinski definition) is 1. The van der Waals surface area contributed by atoms with E-state index in [4.69, 9.17) is 16.0 Å². The van der Waals surface area contributed by atoms with Crippen LogP contribution in [0.1, 0.15) is 21.9 Å². The summed E-state index contributed by atoms with van der Waals surface area (Å²) >= 11 is 5.75. The summed E-state index contributed by atoms with van der Waals surface area (Å²) in [7, 11) is 0. The zero-order valence-corrected chi connectivity index (χ0v) is 10.6. The zero-order chi connectivity index (χ0) is 13.3. The van der Waals surface area contributed by atoms with Gasteiger partial charge in [-0.3, -0.25) is 4.79 Å². The molecule has 0 saturated heterocycles. The number of anilines is 1. The van der Waals surface area contributed by atoms with E-state index in [9.17, 15) is 9.18 Å². The molecular weight excluding hydrogens is 257 g/mol. The SMILES string of the molecule is Cc1cc(C(=O)Nc2cc(Cl)ccc2F)c(C)o1. The van der Waals surface area contributed by atoms with Crippen LogP contribution in [0.25, 0.3) is 0 Å². The largest absolute Gasteiger partial charge is 0.466 e. The maximum absolute atomic E-state index is 13.5. The highest BCUT2D eigenvalue weighted by Gasteiger charge is 2.15. The van der Waals surface area contributed by atoms with Gasteiger partial charge in [-0.1, -0.05) is 11.6 Å². The lowest BCUT2D eigenvalue weighted by molar-refractivity contribution is 0.102. The predicted molar refractivity (Wildman–Crippen MR) is 67.5 cm³/mol. The average molecular weight is 268 g/mol. The van der Waals surface area contributed by atoms with E-state index in [-0.39, 0.29) is 5.69 Å². The molecule has 94 valence electrons. The number of aryl methyl sites for hydroxylation is 2. The number of benzene rings is 1. The number of nitrogens with one attached hydrogen (secondary N) is 1. The van der Waals surface area contributed by atoms with Crippen LogP contribution in [0.5, 0.6) is 0 Å². The summed E-state index contributed by atoms with van der Waals surface area (Å²) < 4.78 is 18.7. The van der Waals surface area contributed by atoms with Crippen LogP contribution in [-0.4, -0.2) is 5.91 Å². The number of amides is 1. The fraction of sp³-hybridized carbons (Fsp3) is 0.154. The van der Waals surface area contributed by atoms with Gasteiger partial charge < -0.3 is 9.73 Å². The highest BCUT2D eigenvalue weighted by Crippen LogP contribution is 2.21.